The second-order valence-electron chi connectivity index (χ2n) is 5.12. The van der Waals surface area contributed by atoms with Crippen molar-refractivity contribution in [3.63, 3.8) is 0 Å². The lowest BCUT2D eigenvalue weighted by Gasteiger charge is -2.15. The second-order valence-corrected chi connectivity index (χ2v) is 6.03. The Morgan fingerprint density at radius 2 is 1.95 bits per heavy atom. The first-order chi connectivity index (χ1) is 9.54. The highest BCUT2D eigenvalue weighted by Gasteiger charge is 2.30. The molecule has 1 heterocycles. The highest BCUT2D eigenvalue weighted by Crippen LogP contribution is 2.35. The number of benzene rings is 2. The van der Waals surface area contributed by atoms with Gasteiger partial charge in [-0.15, -0.1) is 0 Å². The summed E-state index contributed by atoms with van der Waals surface area (Å²) in [7, 11) is 0. The van der Waals surface area contributed by atoms with Gasteiger partial charge in [0.1, 0.15) is 6.04 Å². The van der Waals surface area contributed by atoms with Gasteiger partial charge in [-0.2, -0.15) is 0 Å². The molecule has 0 aromatic heterocycles. The monoisotopic (exact) mass is 330 g/mol. The fraction of sp³-hybridized carbons (Fsp3) is 0.188. The number of aryl methyl sites for hydroxylation is 2. The number of hydrogen-bond acceptors (Lipinski definition) is 2. The van der Waals surface area contributed by atoms with Gasteiger partial charge in [0, 0.05) is 21.4 Å². The van der Waals surface area contributed by atoms with Crippen molar-refractivity contribution in [2.75, 3.05) is 10.6 Å². The fourth-order valence-corrected chi connectivity index (χ4v) is 2.79. The Kier molecular flexibility index (Phi) is 3.26. The molecule has 0 bridgehead atoms. The van der Waals surface area contributed by atoms with Crippen molar-refractivity contribution in [1.82, 2.24) is 0 Å². The van der Waals surface area contributed by atoms with Gasteiger partial charge in [-0.1, -0.05) is 39.7 Å². The number of halogens is 1. The Balaban J connectivity index is 1.97. The number of carbonyl (C=O) groups is 1. The minimum absolute atomic E-state index is 0.00928. The summed E-state index contributed by atoms with van der Waals surface area (Å²) in [5.41, 5.74) is 5.13. The van der Waals surface area contributed by atoms with Gasteiger partial charge in [0.05, 0.1) is 0 Å². The molecule has 1 atom stereocenters. The molecule has 0 saturated carbocycles. The maximum Gasteiger partial charge on any atom is 0.251 e. The van der Waals surface area contributed by atoms with Gasteiger partial charge in [0.25, 0.3) is 5.91 Å². The summed E-state index contributed by atoms with van der Waals surface area (Å²) in [5, 5.41) is 6.26. The van der Waals surface area contributed by atoms with E-state index < -0.39 is 0 Å². The molecular formula is C16H15BrN2O. The Hall–Kier alpha value is -1.81. The van der Waals surface area contributed by atoms with Gasteiger partial charge in [-0.3, -0.25) is 4.79 Å². The largest absolute Gasteiger partial charge is 0.370 e. The molecule has 0 spiro atoms. The minimum atomic E-state index is -0.335. The number of fused-ring (bicyclic) bond motifs is 1. The maximum atomic E-state index is 12.2. The predicted octanol–water partition coefficient (Wildman–Crippen LogP) is 4.17. The first kappa shape index (κ1) is 13.2. The van der Waals surface area contributed by atoms with E-state index in [0.29, 0.717) is 0 Å². The first-order valence-corrected chi connectivity index (χ1v) is 7.28. The van der Waals surface area contributed by atoms with Crippen LogP contribution in [-0.4, -0.2) is 5.91 Å². The number of nitrogens with one attached hydrogen (secondary N) is 2. The molecule has 102 valence electrons. The summed E-state index contributed by atoms with van der Waals surface area (Å²) in [6.07, 6.45) is 0. The summed E-state index contributed by atoms with van der Waals surface area (Å²) in [6, 6.07) is 11.7. The van der Waals surface area contributed by atoms with Crippen LogP contribution in [0.4, 0.5) is 11.4 Å². The summed E-state index contributed by atoms with van der Waals surface area (Å²) in [4.78, 5) is 12.2. The van der Waals surface area contributed by atoms with Crippen molar-refractivity contribution >= 4 is 33.2 Å². The molecule has 4 heteroatoms. The predicted molar refractivity (Wildman–Crippen MR) is 85.1 cm³/mol. The average Bonchev–Trinajstić information content (AvgIpc) is 2.70. The van der Waals surface area contributed by atoms with E-state index in [9.17, 15) is 4.79 Å². The molecule has 3 nitrogen and oxygen atoms in total. The topological polar surface area (TPSA) is 41.1 Å². The van der Waals surface area contributed by atoms with Gasteiger partial charge in [0.2, 0.25) is 0 Å². The molecule has 2 aromatic rings. The van der Waals surface area contributed by atoms with Crippen molar-refractivity contribution in [2.24, 2.45) is 0 Å². The van der Waals surface area contributed by atoms with Crippen LogP contribution in [0, 0.1) is 13.8 Å². The van der Waals surface area contributed by atoms with E-state index in [1.807, 2.05) is 44.2 Å². The van der Waals surface area contributed by atoms with Crippen LogP contribution in [0.3, 0.4) is 0 Å². The van der Waals surface area contributed by atoms with Crippen LogP contribution in [0.2, 0.25) is 0 Å². The lowest BCUT2D eigenvalue weighted by atomic mass is 10.0. The highest BCUT2D eigenvalue weighted by atomic mass is 79.9. The van der Waals surface area contributed by atoms with Crippen LogP contribution in [0.15, 0.2) is 40.9 Å². The molecule has 20 heavy (non-hydrogen) atoms. The molecule has 0 fully saturated rings. The zero-order chi connectivity index (χ0) is 14.3. The van der Waals surface area contributed by atoms with E-state index in [4.69, 9.17) is 0 Å². The zero-order valence-electron chi connectivity index (χ0n) is 11.3. The van der Waals surface area contributed by atoms with Crippen LogP contribution in [0.25, 0.3) is 0 Å². The van der Waals surface area contributed by atoms with Gasteiger partial charge < -0.3 is 10.6 Å². The third-order valence-corrected chi connectivity index (χ3v) is 4.03. The quantitative estimate of drug-likeness (QED) is 0.867. The summed E-state index contributed by atoms with van der Waals surface area (Å²) in [6.45, 7) is 4.06. The number of carbonyl (C=O) groups excluding carboxylic acids is 1. The molecule has 3 rings (SSSR count). The number of rotatable bonds is 2. The van der Waals surface area contributed by atoms with Gasteiger partial charge >= 0.3 is 0 Å². The van der Waals surface area contributed by atoms with Crippen LogP contribution < -0.4 is 10.6 Å². The van der Waals surface area contributed by atoms with Gasteiger partial charge in [-0.25, -0.2) is 0 Å². The number of hydrogen-bond donors (Lipinski definition) is 2. The van der Waals surface area contributed by atoms with E-state index in [1.54, 1.807) is 0 Å². The first-order valence-electron chi connectivity index (χ1n) is 6.49. The molecule has 1 aliphatic heterocycles. The fourth-order valence-electron chi connectivity index (χ4n) is 2.43. The van der Waals surface area contributed by atoms with Crippen LogP contribution >= 0.6 is 15.9 Å². The number of amides is 1. The van der Waals surface area contributed by atoms with Crippen molar-refractivity contribution in [3.05, 3.63) is 57.6 Å². The molecule has 0 radical (unpaired) electrons. The molecule has 2 N–H and O–H groups in total. The van der Waals surface area contributed by atoms with E-state index in [2.05, 4.69) is 32.6 Å². The smallest absolute Gasteiger partial charge is 0.251 e. The maximum absolute atomic E-state index is 12.2. The van der Waals surface area contributed by atoms with E-state index in [1.165, 1.54) is 0 Å². The molecule has 0 aliphatic carbocycles. The van der Waals surface area contributed by atoms with Gasteiger partial charge in [-0.05, 0) is 37.6 Å². The summed E-state index contributed by atoms with van der Waals surface area (Å²) < 4.78 is 0.994. The normalized spacial score (nSPS) is 16.8. The standard InChI is InChI=1S/C16H15BrN2O/c1-9-3-6-13-12(7-9)15(16(20)19-13)18-14-8-11(17)5-4-10(14)2/h3-8,15,18H,1-2H3,(H,19,20). The van der Waals surface area contributed by atoms with E-state index >= 15 is 0 Å². The Morgan fingerprint density at radius 3 is 2.75 bits per heavy atom. The van der Waals surface area contributed by atoms with Crippen molar-refractivity contribution in [1.29, 1.82) is 0 Å². The van der Waals surface area contributed by atoms with E-state index in [0.717, 1.165) is 32.5 Å². The summed E-state index contributed by atoms with van der Waals surface area (Å²) in [5.74, 6) is -0.00928. The Bertz CT molecular complexity index is 697. The minimum Gasteiger partial charge on any atom is -0.370 e. The van der Waals surface area contributed by atoms with E-state index in [-0.39, 0.29) is 11.9 Å². The van der Waals surface area contributed by atoms with Crippen LogP contribution in [0.1, 0.15) is 22.7 Å². The van der Waals surface area contributed by atoms with Crippen molar-refractivity contribution < 1.29 is 4.79 Å². The lowest BCUT2D eigenvalue weighted by Crippen LogP contribution is -2.20. The van der Waals surface area contributed by atoms with Crippen molar-refractivity contribution in [2.45, 2.75) is 19.9 Å². The SMILES string of the molecule is Cc1ccc2c(c1)C(Nc1cc(Br)ccc1C)C(=O)N2. The molecule has 1 amide bonds. The van der Waals surface area contributed by atoms with Crippen LogP contribution in [-0.2, 0) is 4.79 Å². The van der Waals surface area contributed by atoms with Crippen molar-refractivity contribution in [3.8, 4) is 0 Å². The molecular weight excluding hydrogens is 316 g/mol. The third kappa shape index (κ3) is 2.31. The number of anilines is 2. The van der Waals surface area contributed by atoms with Gasteiger partial charge in [0.15, 0.2) is 0 Å². The summed E-state index contributed by atoms with van der Waals surface area (Å²) >= 11 is 3.46. The van der Waals surface area contributed by atoms with Crippen LogP contribution in [0.5, 0.6) is 0 Å². The Morgan fingerprint density at radius 1 is 1.15 bits per heavy atom. The highest BCUT2D eigenvalue weighted by molar-refractivity contribution is 9.10. The molecule has 1 aliphatic rings. The average molecular weight is 331 g/mol. The lowest BCUT2D eigenvalue weighted by molar-refractivity contribution is -0.116. The zero-order valence-corrected chi connectivity index (χ0v) is 12.9. The second kappa shape index (κ2) is 4.94. The third-order valence-electron chi connectivity index (χ3n) is 3.54. The molecule has 0 saturated heterocycles. The Labute approximate surface area is 126 Å². The molecule has 1 unspecified atom stereocenters. The molecule has 2 aromatic carbocycles.